The number of nitrogens with one attached hydrogen (secondary N) is 4. The number of benzene rings is 5. The number of nitrogens with zero attached hydrogens (tertiary/aromatic N) is 3. The second kappa shape index (κ2) is 30.9. The fourth-order valence-electron chi connectivity index (χ4n) is 12.4. The monoisotopic (exact) mass is 1260 g/mol. The number of hydrogen-bond donors (Lipinski definition) is 4. The molecule has 488 valence electrons. The molecule has 4 N–H and O–H groups in total. The van der Waals surface area contributed by atoms with E-state index in [0.717, 1.165) is 109 Å². The molecule has 0 radical (unpaired) electrons. The molecule has 5 amide bonds. The molecule has 3 saturated heterocycles. The minimum atomic E-state index is -0.688. The Morgan fingerprint density at radius 3 is 1.42 bits per heavy atom. The number of ether oxygens (including phenoxy) is 6. The van der Waals surface area contributed by atoms with Gasteiger partial charge in [-0.1, -0.05) is 61.9 Å². The Morgan fingerprint density at radius 1 is 0.533 bits per heavy atom. The molecule has 5 aromatic rings. The van der Waals surface area contributed by atoms with Crippen LogP contribution < -0.4 is 35.5 Å². The van der Waals surface area contributed by atoms with Gasteiger partial charge in [-0.05, 0) is 206 Å². The van der Waals surface area contributed by atoms with Crippen LogP contribution in [0.15, 0.2) is 109 Å². The topological polar surface area (TPSA) is 199 Å². The molecule has 5 aromatic carbocycles. The summed E-state index contributed by atoms with van der Waals surface area (Å²) in [5, 5.41) is 13.4. The first-order chi connectivity index (χ1) is 42.3. The van der Waals surface area contributed by atoms with Crippen molar-refractivity contribution in [1.82, 2.24) is 25.3 Å². The highest BCUT2D eigenvalue weighted by molar-refractivity contribution is 6.07. The Labute approximate surface area is 539 Å². The molecule has 0 aromatic heterocycles. The van der Waals surface area contributed by atoms with E-state index in [-0.39, 0.29) is 54.8 Å². The van der Waals surface area contributed by atoms with E-state index in [1.54, 1.807) is 53.1 Å². The number of methoxy groups -OCH3 is 3. The number of piperidine rings is 3. The van der Waals surface area contributed by atoms with Crippen molar-refractivity contribution in [3.05, 3.63) is 148 Å². The summed E-state index contributed by atoms with van der Waals surface area (Å²) in [6.45, 7) is 25.8. The smallest absolute Gasteiger partial charge is 0.417 e. The second-order valence-corrected chi connectivity index (χ2v) is 26.8. The molecule has 0 unspecified atom stereocenters. The van der Waals surface area contributed by atoms with Crippen molar-refractivity contribution in [2.45, 2.75) is 143 Å². The standard InChI is InChI=1S/C31H41N3O6.C21H25N3O2.C19H29NO3.ClH/c1-30(2,3)39-28(36)33-15-14-25(20-9-12-24(38-7)13-10-20)22(18-33)17-32-23-11-8-21-19-34(27(35)26(21)16-23)29(37)40-31(4,5)6;1-26-18-6-3-14(4-7-18)19-8-9-22-11-16(19)13-23-17-5-2-15-12-24-21(25)20(15)10-17;1-6-14-13-20(18(21)23-19(2,3)4)12-11-17(14)15-7-9-16(22-5)10-8-15;/h8-13,16,22,25,32H,14-15,17-19H2,1-7H3;2-7,10,16,19,22-23H,8-9,11-13H2,1H3,(H,24,25);7-10,14,17H,6,11-13H2,1-5H3;1H/t22-,25+;16-,19-;14-,17-;/m101./s1. The molecule has 3 fully saturated rings. The van der Waals surface area contributed by atoms with Crippen LogP contribution >= 0.6 is 12.4 Å². The van der Waals surface area contributed by atoms with Crippen LogP contribution in [-0.4, -0.2) is 135 Å². The van der Waals surface area contributed by atoms with Crippen LogP contribution in [0.2, 0.25) is 0 Å². The number of amides is 5. The van der Waals surface area contributed by atoms with Gasteiger partial charge in [-0.3, -0.25) is 9.59 Å². The zero-order valence-electron chi connectivity index (χ0n) is 55.0. The van der Waals surface area contributed by atoms with Crippen LogP contribution in [0.25, 0.3) is 0 Å². The molecule has 90 heavy (non-hydrogen) atoms. The number of fused-ring (bicyclic) bond motifs is 2. The highest BCUT2D eigenvalue weighted by Gasteiger charge is 2.38. The molecule has 10 rings (SSSR count). The largest absolute Gasteiger partial charge is 0.497 e. The number of imide groups is 1. The molecular weight excluding hydrogens is 1160 g/mol. The quantitative estimate of drug-likeness (QED) is 0.0812. The third kappa shape index (κ3) is 18.9. The van der Waals surface area contributed by atoms with Crippen molar-refractivity contribution >= 4 is 53.9 Å². The highest BCUT2D eigenvalue weighted by Crippen LogP contribution is 2.39. The van der Waals surface area contributed by atoms with E-state index in [1.165, 1.54) is 16.7 Å². The van der Waals surface area contributed by atoms with E-state index < -0.39 is 22.9 Å². The molecule has 19 heteroatoms. The van der Waals surface area contributed by atoms with Crippen LogP contribution in [0.4, 0.5) is 25.8 Å². The van der Waals surface area contributed by atoms with Crippen LogP contribution in [0.5, 0.6) is 17.2 Å². The summed E-state index contributed by atoms with van der Waals surface area (Å²) in [5.41, 5.74) is 7.13. The lowest BCUT2D eigenvalue weighted by Crippen LogP contribution is -2.46. The van der Waals surface area contributed by atoms with Crippen molar-refractivity contribution in [2.75, 3.05) is 84.3 Å². The van der Waals surface area contributed by atoms with Crippen molar-refractivity contribution in [3.63, 3.8) is 0 Å². The maximum Gasteiger partial charge on any atom is 0.417 e. The second-order valence-electron chi connectivity index (χ2n) is 26.8. The first kappa shape index (κ1) is 69.8. The van der Waals surface area contributed by atoms with Gasteiger partial charge in [0, 0.05) is 80.8 Å². The average molecular weight is 1260 g/mol. The molecule has 0 saturated carbocycles. The fourth-order valence-corrected chi connectivity index (χ4v) is 12.4. The Morgan fingerprint density at radius 2 is 0.956 bits per heavy atom. The Hall–Kier alpha value is -7.70. The van der Waals surface area contributed by atoms with Gasteiger partial charge in [0.25, 0.3) is 11.8 Å². The van der Waals surface area contributed by atoms with Crippen molar-refractivity contribution in [3.8, 4) is 17.2 Å². The van der Waals surface area contributed by atoms with E-state index in [4.69, 9.17) is 28.4 Å². The summed E-state index contributed by atoms with van der Waals surface area (Å²) in [7, 11) is 5.03. The number of likely N-dealkylation sites (tertiary alicyclic amines) is 2. The van der Waals surface area contributed by atoms with Gasteiger partial charge in [0.1, 0.15) is 34.1 Å². The van der Waals surface area contributed by atoms with Crippen LogP contribution in [0.1, 0.15) is 161 Å². The van der Waals surface area contributed by atoms with Crippen molar-refractivity contribution < 1.29 is 52.4 Å². The average Bonchev–Trinajstić information content (AvgIpc) is 2.08. The summed E-state index contributed by atoms with van der Waals surface area (Å²) in [6.07, 6.45) is 2.81. The van der Waals surface area contributed by atoms with Crippen molar-refractivity contribution in [1.29, 1.82) is 0 Å². The lowest BCUT2D eigenvalue weighted by Gasteiger charge is -2.39. The highest BCUT2D eigenvalue weighted by atomic mass is 35.5. The number of rotatable bonds is 13. The number of hydrogen-bond acceptors (Lipinski definition) is 14. The molecule has 5 aliphatic heterocycles. The van der Waals surface area contributed by atoms with E-state index >= 15 is 0 Å². The van der Waals surface area contributed by atoms with Crippen LogP contribution in [0.3, 0.4) is 0 Å². The van der Waals surface area contributed by atoms with Gasteiger partial charge in [0.15, 0.2) is 0 Å². The van der Waals surface area contributed by atoms with Gasteiger partial charge in [0.2, 0.25) is 0 Å². The zero-order chi connectivity index (χ0) is 64.2. The maximum absolute atomic E-state index is 13.0. The molecule has 6 atom stereocenters. The van der Waals surface area contributed by atoms with E-state index in [0.29, 0.717) is 55.4 Å². The molecule has 0 bridgehead atoms. The van der Waals surface area contributed by atoms with Gasteiger partial charge in [-0.25, -0.2) is 19.3 Å². The van der Waals surface area contributed by atoms with Crippen molar-refractivity contribution in [2.24, 2.45) is 17.8 Å². The Bertz CT molecular complexity index is 3210. The first-order valence-electron chi connectivity index (χ1n) is 31.5. The van der Waals surface area contributed by atoms with E-state index in [2.05, 4.69) is 70.7 Å². The summed E-state index contributed by atoms with van der Waals surface area (Å²) in [6, 6.07) is 36.5. The molecule has 0 spiro atoms. The number of halogens is 1. The number of carbonyl (C=O) groups is 5. The van der Waals surface area contributed by atoms with Crippen LogP contribution in [0, 0.1) is 17.8 Å². The number of anilines is 2. The Kier molecular flexibility index (Phi) is 23.9. The van der Waals surface area contributed by atoms with Gasteiger partial charge in [0.05, 0.1) is 27.9 Å². The first-order valence-corrected chi connectivity index (χ1v) is 31.5. The predicted octanol–water partition coefficient (Wildman–Crippen LogP) is 13.7. The lowest BCUT2D eigenvalue weighted by molar-refractivity contribution is 0.0136. The molecule has 0 aliphatic carbocycles. The fraction of sp³-hybridized carbons (Fsp3) is 0.507. The third-order valence-electron chi connectivity index (χ3n) is 17.0. The molecule has 5 aliphatic rings. The molecule has 18 nitrogen and oxygen atoms in total. The minimum absolute atomic E-state index is 0. The lowest BCUT2D eigenvalue weighted by atomic mass is 9.79. The van der Waals surface area contributed by atoms with Gasteiger partial charge < -0.3 is 59.5 Å². The maximum atomic E-state index is 13.0. The van der Waals surface area contributed by atoms with E-state index in [9.17, 15) is 24.0 Å². The van der Waals surface area contributed by atoms with E-state index in [1.807, 2.05) is 107 Å². The minimum Gasteiger partial charge on any atom is -0.497 e. The van der Waals surface area contributed by atoms with Gasteiger partial charge >= 0.3 is 18.3 Å². The SMILES string of the molecule is CC[C@@H]1CN(C(=O)OC(C)(C)C)CC[C@H]1c1ccc(OC)cc1.COc1ccc([C@@H]2CCN(C(=O)OC(C)(C)C)C[C@H]2CNc2ccc3c(c2)C(=O)N(C(=O)OC(C)(C)C)C3)cc1.COc1ccc([C@@H]2CCNC[C@H]2CNc2ccc3c(c2)C(=O)NC3)cc1.Cl. The number of carbonyl (C=O) groups excluding carboxylic acids is 5. The third-order valence-corrected chi connectivity index (χ3v) is 17.0. The van der Waals surface area contributed by atoms with Gasteiger partial charge in [-0.15, -0.1) is 12.4 Å². The summed E-state index contributed by atoms with van der Waals surface area (Å²) in [4.78, 5) is 67.4. The predicted molar refractivity (Wildman–Crippen MR) is 355 cm³/mol. The summed E-state index contributed by atoms with van der Waals surface area (Å²) < 4.78 is 32.4. The summed E-state index contributed by atoms with van der Waals surface area (Å²) >= 11 is 0. The molecular formula is C71H96ClN7O11. The summed E-state index contributed by atoms with van der Waals surface area (Å²) in [5.74, 6) is 4.53. The zero-order valence-corrected chi connectivity index (χ0v) is 55.8. The normalized spacial score (nSPS) is 20.4. The van der Waals surface area contributed by atoms with Crippen LogP contribution in [-0.2, 0) is 27.3 Å². The Balaban J connectivity index is 0.000000201. The van der Waals surface area contributed by atoms with Gasteiger partial charge in [-0.2, -0.15) is 0 Å². The molecule has 5 heterocycles.